The van der Waals surface area contributed by atoms with Crippen LogP contribution in [0.1, 0.15) is 17.0 Å². The number of anilines is 1. The second-order valence-electron chi connectivity index (χ2n) is 4.32. The zero-order valence-corrected chi connectivity index (χ0v) is 9.83. The number of nitrogens with two attached hydrogens (primary N) is 1. The molecule has 2 aromatic rings. The van der Waals surface area contributed by atoms with Crippen LogP contribution in [0.2, 0.25) is 0 Å². The average Bonchev–Trinajstić information content (AvgIpc) is 2.42. The second-order valence-corrected chi connectivity index (χ2v) is 4.32. The van der Waals surface area contributed by atoms with Gasteiger partial charge >= 0.3 is 0 Å². The topological polar surface area (TPSA) is 92.8 Å². The first-order valence-corrected chi connectivity index (χ1v) is 5.70. The van der Waals surface area contributed by atoms with E-state index in [-0.39, 0.29) is 28.5 Å². The second kappa shape index (κ2) is 3.91. The third kappa shape index (κ3) is 1.52. The van der Waals surface area contributed by atoms with Gasteiger partial charge in [-0.05, 0) is 6.07 Å². The molecule has 0 bridgehead atoms. The molecule has 4 N–H and O–H groups in total. The maximum atomic E-state index is 11.4. The third-order valence-corrected chi connectivity index (χ3v) is 3.24. The van der Waals surface area contributed by atoms with Gasteiger partial charge in [-0.1, -0.05) is 18.2 Å². The van der Waals surface area contributed by atoms with Crippen LogP contribution in [-0.2, 0) is 4.79 Å². The number of hydrogen-bond acceptors (Lipinski definition) is 5. The first-order chi connectivity index (χ1) is 9.13. The minimum absolute atomic E-state index is 0.159. The molecular weight excluding hydrogens is 246 g/mol. The highest BCUT2D eigenvalue weighted by Crippen LogP contribution is 2.51. The van der Waals surface area contributed by atoms with Gasteiger partial charge in [0.15, 0.2) is 0 Å². The highest BCUT2D eigenvalue weighted by Gasteiger charge is 2.31. The zero-order valence-electron chi connectivity index (χ0n) is 9.83. The summed E-state index contributed by atoms with van der Waals surface area (Å²) >= 11 is 0. The Morgan fingerprint density at radius 2 is 1.95 bits per heavy atom. The Labute approximate surface area is 108 Å². The van der Waals surface area contributed by atoms with E-state index in [0.29, 0.717) is 11.3 Å². The van der Waals surface area contributed by atoms with Crippen LogP contribution in [0.4, 0.5) is 5.69 Å². The summed E-state index contributed by atoms with van der Waals surface area (Å²) in [6.07, 6.45) is 0.719. The lowest BCUT2D eigenvalue weighted by atomic mass is 9.88. The number of fused-ring (bicyclic) bond motifs is 2. The van der Waals surface area contributed by atoms with Crippen LogP contribution in [-0.4, -0.2) is 16.5 Å². The van der Waals surface area contributed by atoms with Crippen LogP contribution in [0.25, 0.3) is 0 Å². The van der Waals surface area contributed by atoms with Crippen LogP contribution in [0.3, 0.4) is 0 Å². The largest absolute Gasteiger partial charge is 0.506 e. The number of benzene rings is 2. The molecule has 0 saturated carbocycles. The molecule has 0 radical (unpaired) electrons. The SMILES string of the molecule is Nc1c(O)cc2c(c1O)C(C=O)c1ccccc1O2. The molecule has 0 saturated heterocycles. The van der Waals surface area contributed by atoms with Gasteiger partial charge in [0, 0.05) is 11.6 Å². The van der Waals surface area contributed by atoms with E-state index < -0.39 is 5.92 Å². The van der Waals surface area contributed by atoms with Crippen molar-refractivity contribution in [2.24, 2.45) is 0 Å². The minimum atomic E-state index is -0.664. The van der Waals surface area contributed by atoms with E-state index >= 15 is 0 Å². The number of aldehydes is 1. The fourth-order valence-corrected chi connectivity index (χ4v) is 2.29. The van der Waals surface area contributed by atoms with Gasteiger partial charge in [-0.2, -0.15) is 0 Å². The molecule has 19 heavy (non-hydrogen) atoms. The van der Waals surface area contributed by atoms with Crippen molar-refractivity contribution in [2.45, 2.75) is 5.92 Å². The van der Waals surface area contributed by atoms with Gasteiger partial charge in [-0.25, -0.2) is 0 Å². The molecule has 1 aliphatic rings. The summed E-state index contributed by atoms with van der Waals surface area (Å²) in [5, 5.41) is 19.6. The number of ether oxygens (including phenoxy) is 1. The van der Waals surface area contributed by atoms with Crippen LogP contribution in [0.5, 0.6) is 23.0 Å². The van der Waals surface area contributed by atoms with E-state index in [1.54, 1.807) is 24.3 Å². The number of hydrogen-bond donors (Lipinski definition) is 3. The Balaban J connectivity index is 2.30. The van der Waals surface area contributed by atoms with Gasteiger partial charge < -0.3 is 25.5 Å². The van der Waals surface area contributed by atoms with Crippen molar-refractivity contribution in [3.63, 3.8) is 0 Å². The lowest BCUT2D eigenvalue weighted by Gasteiger charge is -2.26. The molecule has 3 rings (SSSR count). The molecule has 1 aliphatic heterocycles. The van der Waals surface area contributed by atoms with E-state index in [1.165, 1.54) is 6.07 Å². The van der Waals surface area contributed by atoms with Crippen molar-refractivity contribution in [1.82, 2.24) is 0 Å². The van der Waals surface area contributed by atoms with Gasteiger partial charge in [0.1, 0.15) is 35.0 Å². The molecular formula is C14H11NO4. The molecule has 1 atom stereocenters. The Morgan fingerprint density at radius 3 is 2.68 bits per heavy atom. The first kappa shape index (κ1) is 11.4. The van der Waals surface area contributed by atoms with E-state index in [2.05, 4.69) is 0 Å². The maximum Gasteiger partial charge on any atom is 0.150 e. The Bertz CT molecular complexity index is 681. The van der Waals surface area contributed by atoms with Gasteiger partial charge in [0.05, 0.1) is 11.5 Å². The van der Waals surface area contributed by atoms with Gasteiger partial charge in [0.25, 0.3) is 0 Å². The van der Waals surface area contributed by atoms with E-state index in [1.807, 2.05) is 0 Å². The molecule has 1 unspecified atom stereocenters. The van der Waals surface area contributed by atoms with Crippen molar-refractivity contribution in [1.29, 1.82) is 0 Å². The van der Waals surface area contributed by atoms with Crippen LogP contribution < -0.4 is 10.5 Å². The number of carbonyl (C=O) groups is 1. The fourth-order valence-electron chi connectivity index (χ4n) is 2.29. The number of para-hydroxylation sites is 1. The van der Waals surface area contributed by atoms with Crippen molar-refractivity contribution < 1.29 is 19.7 Å². The smallest absolute Gasteiger partial charge is 0.150 e. The van der Waals surface area contributed by atoms with Gasteiger partial charge in [0.2, 0.25) is 0 Å². The molecule has 1 heterocycles. The number of carbonyl (C=O) groups excluding carboxylic acids is 1. The first-order valence-electron chi connectivity index (χ1n) is 5.70. The van der Waals surface area contributed by atoms with Crippen LogP contribution in [0, 0.1) is 0 Å². The molecule has 0 fully saturated rings. The van der Waals surface area contributed by atoms with Crippen LogP contribution in [0.15, 0.2) is 30.3 Å². The Morgan fingerprint density at radius 1 is 1.21 bits per heavy atom. The standard InChI is InChI=1S/C14H11NO4/c15-13-9(17)5-11-12(14(13)18)8(6-16)7-3-1-2-4-10(7)19-11/h1-6,8,17-18H,15H2. The molecule has 2 aromatic carbocycles. The van der Waals surface area contributed by atoms with Gasteiger partial charge in [-0.15, -0.1) is 0 Å². The summed E-state index contributed by atoms with van der Waals surface area (Å²) in [6.45, 7) is 0. The molecule has 0 aromatic heterocycles. The lowest BCUT2D eigenvalue weighted by molar-refractivity contribution is -0.108. The van der Waals surface area contributed by atoms with E-state index in [4.69, 9.17) is 10.5 Å². The number of phenolic OH excluding ortho intramolecular Hbond substituents is 2. The predicted octanol–water partition coefficient (Wildman–Crippen LogP) is 2.12. The Hall–Kier alpha value is -2.69. The molecule has 5 heteroatoms. The number of phenols is 2. The van der Waals surface area contributed by atoms with Crippen molar-refractivity contribution in [3.05, 3.63) is 41.5 Å². The predicted molar refractivity (Wildman–Crippen MR) is 68.6 cm³/mol. The van der Waals surface area contributed by atoms with Crippen molar-refractivity contribution in [3.8, 4) is 23.0 Å². The Kier molecular flexibility index (Phi) is 2.35. The normalized spacial score (nSPS) is 16.1. The lowest BCUT2D eigenvalue weighted by Crippen LogP contribution is -2.12. The molecule has 0 spiro atoms. The van der Waals surface area contributed by atoms with Crippen molar-refractivity contribution in [2.75, 3.05) is 5.73 Å². The highest BCUT2D eigenvalue weighted by atomic mass is 16.5. The minimum Gasteiger partial charge on any atom is -0.506 e. The molecule has 0 amide bonds. The molecule has 0 aliphatic carbocycles. The summed E-state index contributed by atoms with van der Waals surface area (Å²) in [4.78, 5) is 11.4. The third-order valence-electron chi connectivity index (χ3n) is 3.24. The average molecular weight is 257 g/mol. The summed E-state index contributed by atoms with van der Waals surface area (Å²) in [5.74, 6) is -0.500. The highest BCUT2D eigenvalue weighted by molar-refractivity contribution is 5.81. The fraction of sp³-hybridized carbons (Fsp3) is 0.0714. The number of nitrogen functional groups attached to an aromatic ring is 1. The van der Waals surface area contributed by atoms with E-state index in [9.17, 15) is 15.0 Å². The van der Waals surface area contributed by atoms with Gasteiger partial charge in [-0.3, -0.25) is 0 Å². The zero-order chi connectivity index (χ0) is 13.6. The summed E-state index contributed by atoms with van der Waals surface area (Å²) in [5.41, 5.74) is 6.35. The maximum absolute atomic E-state index is 11.4. The van der Waals surface area contributed by atoms with Crippen LogP contribution >= 0.6 is 0 Å². The summed E-state index contributed by atoms with van der Waals surface area (Å²) in [6, 6.07) is 8.34. The summed E-state index contributed by atoms with van der Waals surface area (Å²) < 4.78 is 5.59. The molecule has 96 valence electrons. The monoisotopic (exact) mass is 257 g/mol. The number of rotatable bonds is 1. The van der Waals surface area contributed by atoms with Crippen molar-refractivity contribution >= 4 is 12.0 Å². The quantitative estimate of drug-likeness (QED) is 0.413. The molecule has 5 nitrogen and oxygen atoms in total. The number of aromatic hydroxyl groups is 2. The van der Waals surface area contributed by atoms with E-state index in [0.717, 1.165) is 6.29 Å². The summed E-state index contributed by atoms with van der Waals surface area (Å²) in [7, 11) is 0.